The van der Waals surface area contributed by atoms with Gasteiger partial charge in [0.2, 0.25) is 0 Å². The van der Waals surface area contributed by atoms with Gasteiger partial charge in [-0.25, -0.2) is 0 Å². The van der Waals surface area contributed by atoms with Gasteiger partial charge in [-0.1, -0.05) is 0 Å². The summed E-state index contributed by atoms with van der Waals surface area (Å²) in [6, 6.07) is 7.49. The van der Waals surface area contributed by atoms with Gasteiger partial charge in [0.05, 0.1) is 19.9 Å². The molecule has 1 aromatic heterocycles. The SMILES string of the molecule is COc1ccc(-n2c3c(cc(CN)c2=O)CCC3)cc1OC. The Hall–Kier alpha value is -2.27. The minimum atomic E-state index is -0.0460. The number of hydrogen-bond acceptors (Lipinski definition) is 4. The number of aromatic nitrogens is 1. The van der Waals surface area contributed by atoms with Crippen molar-refractivity contribution in [3.63, 3.8) is 0 Å². The minimum absolute atomic E-state index is 0.0460. The number of aryl methyl sites for hydroxylation is 1. The molecule has 0 bridgehead atoms. The normalized spacial score (nSPS) is 13.0. The maximum Gasteiger partial charge on any atom is 0.259 e. The summed E-state index contributed by atoms with van der Waals surface area (Å²) in [5.74, 6) is 1.25. The zero-order chi connectivity index (χ0) is 15.7. The van der Waals surface area contributed by atoms with Gasteiger partial charge in [0.15, 0.2) is 11.5 Å². The summed E-state index contributed by atoms with van der Waals surface area (Å²) in [5.41, 5.74) is 9.42. The first-order valence-corrected chi connectivity index (χ1v) is 7.38. The standard InChI is InChI=1S/C17H20N2O3/c1-21-15-7-6-13(9-16(15)22-2)19-14-5-3-4-11(14)8-12(10-18)17(19)20/h6-9H,3-5,10,18H2,1-2H3. The summed E-state index contributed by atoms with van der Waals surface area (Å²) in [6.07, 6.45) is 2.97. The van der Waals surface area contributed by atoms with E-state index in [2.05, 4.69) is 0 Å². The van der Waals surface area contributed by atoms with Gasteiger partial charge < -0.3 is 15.2 Å². The Morgan fingerprint density at radius 3 is 2.59 bits per heavy atom. The fourth-order valence-electron chi connectivity index (χ4n) is 3.08. The number of fused-ring (bicyclic) bond motifs is 1. The molecule has 1 aliphatic rings. The number of nitrogens with two attached hydrogens (primary N) is 1. The van der Waals surface area contributed by atoms with Crippen molar-refractivity contribution in [2.45, 2.75) is 25.8 Å². The number of benzene rings is 1. The molecule has 1 aliphatic carbocycles. The molecule has 2 aromatic rings. The lowest BCUT2D eigenvalue weighted by molar-refractivity contribution is 0.355. The summed E-state index contributed by atoms with van der Waals surface area (Å²) in [5, 5.41) is 0. The van der Waals surface area contributed by atoms with Crippen molar-refractivity contribution in [3.8, 4) is 17.2 Å². The molecule has 0 saturated carbocycles. The van der Waals surface area contributed by atoms with E-state index in [1.807, 2.05) is 24.3 Å². The third-order valence-corrected chi connectivity index (χ3v) is 4.17. The van der Waals surface area contributed by atoms with E-state index in [-0.39, 0.29) is 12.1 Å². The highest BCUT2D eigenvalue weighted by Crippen LogP contribution is 2.31. The summed E-state index contributed by atoms with van der Waals surface area (Å²) in [6.45, 7) is 0.249. The highest BCUT2D eigenvalue weighted by Gasteiger charge is 2.20. The summed E-state index contributed by atoms with van der Waals surface area (Å²) in [7, 11) is 3.18. The van der Waals surface area contributed by atoms with Gasteiger partial charge in [-0.2, -0.15) is 0 Å². The van der Waals surface area contributed by atoms with Crippen molar-refractivity contribution in [1.82, 2.24) is 4.57 Å². The van der Waals surface area contributed by atoms with Crippen LogP contribution < -0.4 is 20.8 Å². The van der Waals surface area contributed by atoms with E-state index >= 15 is 0 Å². The van der Waals surface area contributed by atoms with Crippen LogP contribution in [0.2, 0.25) is 0 Å². The van der Waals surface area contributed by atoms with Crippen LogP contribution in [0.4, 0.5) is 0 Å². The van der Waals surface area contributed by atoms with Crippen molar-refractivity contribution < 1.29 is 9.47 Å². The fraction of sp³-hybridized carbons (Fsp3) is 0.353. The molecule has 0 radical (unpaired) electrons. The molecule has 0 aliphatic heterocycles. The van der Waals surface area contributed by atoms with E-state index in [1.165, 1.54) is 5.56 Å². The minimum Gasteiger partial charge on any atom is -0.493 e. The average Bonchev–Trinajstić information content (AvgIpc) is 3.01. The predicted octanol–water partition coefficient (Wildman–Crippen LogP) is 1.80. The maximum atomic E-state index is 12.7. The second-order valence-corrected chi connectivity index (χ2v) is 5.38. The van der Waals surface area contributed by atoms with E-state index in [0.717, 1.165) is 30.6 Å². The third-order valence-electron chi connectivity index (χ3n) is 4.17. The van der Waals surface area contributed by atoms with Gasteiger partial charge in [-0.05, 0) is 43.0 Å². The first kappa shape index (κ1) is 14.7. The molecule has 116 valence electrons. The van der Waals surface area contributed by atoms with E-state index in [9.17, 15) is 4.79 Å². The third kappa shape index (κ3) is 2.27. The first-order valence-electron chi connectivity index (χ1n) is 7.38. The van der Waals surface area contributed by atoms with Crippen LogP contribution >= 0.6 is 0 Å². The summed E-state index contributed by atoms with van der Waals surface area (Å²) in [4.78, 5) is 12.7. The zero-order valence-corrected chi connectivity index (χ0v) is 12.9. The molecule has 3 rings (SSSR count). The molecule has 5 nitrogen and oxygen atoms in total. The van der Waals surface area contributed by atoms with Gasteiger partial charge in [0.1, 0.15) is 0 Å². The smallest absolute Gasteiger partial charge is 0.259 e. The van der Waals surface area contributed by atoms with Crippen molar-refractivity contribution >= 4 is 0 Å². The van der Waals surface area contributed by atoms with Gasteiger partial charge >= 0.3 is 0 Å². The predicted molar refractivity (Wildman–Crippen MR) is 85.1 cm³/mol. The quantitative estimate of drug-likeness (QED) is 0.935. The van der Waals surface area contributed by atoms with Gasteiger partial charge in [-0.15, -0.1) is 0 Å². The number of methoxy groups -OCH3 is 2. The van der Waals surface area contributed by atoms with Crippen LogP contribution in [-0.4, -0.2) is 18.8 Å². The van der Waals surface area contributed by atoms with Crippen molar-refractivity contribution in [2.75, 3.05) is 14.2 Å². The van der Waals surface area contributed by atoms with Crippen molar-refractivity contribution in [1.29, 1.82) is 0 Å². The molecule has 1 aromatic carbocycles. The second-order valence-electron chi connectivity index (χ2n) is 5.38. The summed E-state index contributed by atoms with van der Waals surface area (Å²) >= 11 is 0. The zero-order valence-electron chi connectivity index (χ0n) is 12.9. The average molecular weight is 300 g/mol. The molecule has 0 unspecified atom stereocenters. The number of hydrogen-bond donors (Lipinski definition) is 1. The molecule has 2 N–H and O–H groups in total. The topological polar surface area (TPSA) is 66.5 Å². The lowest BCUT2D eigenvalue weighted by atomic mass is 10.1. The highest BCUT2D eigenvalue weighted by atomic mass is 16.5. The highest BCUT2D eigenvalue weighted by molar-refractivity contribution is 5.50. The Labute approximate surface area is 129 Å². The number of pyridine rings is 1. The molecule has 0 atom stereocenters. The van der Waals surface area contributed by atoms with Crippen LogP contribution in [0, 0.1) is 0 Å². The Morgan fingerprint density at radius 1 is 1.14 bits per heavy atom. The molecule has 22 heavy (non-hydrogen) atoms. The fourth-order valence-corrected chi connectivity index (χ4v) is 3.08. The van der Waals surface area contributed by atoms with Crippen LogP contribution in [0.1, 0.15) is 23.2 Å². The van der Waals surface area contributed by atoms with E-state index in [0.29, 0.717) is 17.1 Å². The van der Waals surface area contributed by atoms with E-state index in [1.54, 1.807) is 18.8 Å². The van der Waals surface area contributed by atoms with Crippen molar-refractivity contribution in [2.24, 2.45) is 5.73 Å². The molecule has 0 fully saturated rings. The van der Waals surface area contributed by atoms with Gasteiger partial charge in [0, 0.05) is 23.9 Å². The van der Waals surface area contributed by atoms with Crippen LogP contribution in [0.5, 0.6) is 11.5 Å². The number of nitrogens with zero attached hydrogens (tertiary/aromatic N) is 1. The molecular weight excluding hydrogens is 280 g/mol. The van der Waals surface area contributed by atoms with Gasteiger partial charge in [0.25, 0.3) is 5.56 Å². The van der Waals surface area contributed by atoms with Crippen molar-refractivity contribution in [3.05, 3.63) is 51.4 Å². The Bertz CT molecular complexity index is 765. The second kappa shape index (κ2) is 5.85. The first-order chi connectivity index (χ1) is 10.7. The Morgan fingerprint density at radius 2 is 1.91 bits per heavy atom. The van der Waals surface area contributed by atoms with Gasteiger partial charge in [-0.3, -0.25) is 9.36 Å². The maximum absolute atomic E-state index is 12.7. The molecule has 0 saturated heterocycles. The van der Waals surface area contributed by atoms with E-state index < -0.39 is 0 Å². The number of rotatable bonds is 4. The molecular formula is C17H20N2O3. The Kier molecular flexibility index (Phi) is 3.90. The van der Waals surface area contributed by atoms with Crippen LogP contribution in [0.15, 0.2) is 29.1 Å². The van der Waals surface area contributed by atoms with Crippen LogP contribution in [0.3, 0.4) is 0 Å². The molecule has 0 amide bonds. The van der Waals surface area contributed by atoms with E-state index in [4.69, 9.17) is 15.2 Å². The largest absolute Gasteiger partial charge is 0.493 e. The molecule has 0 spiro atoms. The molecule has 1 heterocycles. The Balaban J connectivity index is 2.24. The lowest BCUT2D eigenvalue weighted by Gasteiger charge is -2.16. The summed E-state index contributed by atoms with van der Waals surface area (Å²) < 4.78 is 12.4. The monoisotopic (exact) mass is 300 g/mol. The van der Waals surface area contributed by atoms with Crippen LogP contribution in [0.25, 0.3) is 5.69 Å². The lowest BCUT2D eigenvalue weighted by Crippen LogP contribution is -2.27. The van der Waals surface area contributed by atoms with Crippen LogP contribution in [-0.2, 0) is 19.4 Å². The molecule has 5 heteroatoms. The number of ether oxygens (including phenoxy) is 2.